The molecule has 0 aliphatic carbocycles. The Bertz CT molecular complexity index is 1360. The molecule has 1 aliphatic heterocycles. The number of fused-ring (bicyclic) bond motifs is 3. The van der Waals surface area contributed by atoms with Crippen molar-refractivity contribution in [3.63, 3.8) is 0 Å². The molecule has 9 nitrogen and oxygen atoms in total. The lowest BCUT2D eigenvalue weighted by atomic mass is 10.1. The molecule has 174 valence electrons. The first-order valence-corrected chi connectivity index (χ1v) is 10.8. The molecule has 3 heterocycles. The van der Waals surface area contributed by atoms with E-state index in [1.807, 2.05) is 20.8 Å². The van der Waals surface area contributed by atoms with Crippen LogP contribution in [0.3, 0.4) is 0 Å². The third-order valence-corrected chi connectivity index (χ3v) is 6.11. The molecular weight excluding hydrogens is 453 g/mol. The van der Waals surface area contributed by atoms with Gasteiger partial charge in [-0.1, -0.05) is 17.7 Å². The van der Waals surface area contributed by atoms with Gasteiger partial charge in [-0.3, -0.25) is 14.4 Å². The number of halogens is 2. The Hall–Kier alpha value is -3.40. The molecule has 0 saturated heterocycles. The van der Waals surface area contributed by atoms with Crippen LogP contribution in [0.5, 0.6) is 5.75 Å². The smallest absolute Gasteiger partial charge is 0.280 e. The summed E-state index contributed by atoms with van der Waals surface area (Å²) in [6.07, 6.45) is 0. The van der Waals surface area contributed by atoms with Crippen LogP contribution in [0.25, 0.3) is 10.9 Å². The summed E-state index contributed by atoms with van der Waals surface area (Å²) in [5.41, 5.74) is -0.279. The zero-order chi connectivity index (χ0) is 24.2. The second-order valence-corrected chi connectivity index (χ2v) is 8.74. The molecule has 0 spiro atoms. The topological polar surface area (TPSA) is 109 Å². The van der Waals surface area contributed by atoms with Crippen LogP contribution >= 0.6 is 11.6 Å². The Morgan fingerprint density at radius 1 is 1.36 bits per heavy atom. The Morgan fingerprint density at radius 2 is 2.06 bits per heavy atom. The van der Waals surface area contributed by atoms with Gasteiger partial charge in [0.2, 0.25) is 0 Å². The lowest BCUT2D eigenvalue weighted by Gasteiger charge is -2.36. The van der Waals surface area contributed by atoms with Crippen LogP contribution < -0.4 is 10.9 Å². The van der Waals surface area contributed by atoms with Crippen molar-refractivity contribution in [1.29, 1.82) is 0 Å². The molecule has 1 aliphatic rings. The van der Waals surface area contributed by atoms with Gasteiger partial charge in [0.05, 0.1) is 17.1 Å². The predicted molar refractivity (Wildman–Crippen MR) is 120 cm³/mol. The summed E-state index contributed by atoms with van der Waals surface area (Å²) in [5.74, 6) is -2.12. The number of nitrogens with zero attached hydrogens (tertiary/aromatic N) is 4. The minimum Gasteiger partial charge on any atom is -0.505 e. The highest BCUT2D eigenvalue weighted by molar-refractivity contribution is 6.30. The fraction of sp³-hybridized carbons (Fsp3) is 0.364. The summed E-state index contributed by atoms with van der Waals surface area (Å²) in [6, 6.07) is 3.51. The van der Waals surface area contributed by atoms with Crippen molar-refractivity contribution in [2.24, 2.45) is 0 Å². The maximum atomic E-state index is 13.5. The summed E-state index contributed by atoms with van der Waals surface area (Å²) in [6.45, 7) is 5.78. The van der Waals surface area contributed by atoms with E-state index in [9.17, 15) is 23.9 Å². The quantitative estimate of drug-likeness (QED) is 0.602. The molecule has 0 fully saturated rings. The Balaban J connectivity index is 2.01. The van der Waals surface area contributed by atoms with E-state index in [0.29, 0.717) is 12.1 Å². The van der Waals surface area contributed by atoms with Gasteiger partial charge in [0.1, 0.15) is 11.2 Å². The van der Waals surface area contributed by atoms with Gasteiger partial charge < -0.3 is 19.9 Å². The number of nitrogens with one attached hydrogen (secondary N) is 1. The van der Waals surface area contributed by atoms with Gasteiger partial charge in [0.15, 0.2) is 17.1 Å². The first-order chi connectivity index (χ1) is 15.6. The third kappa shape index (κ3) is 3.54. The Kier molecular flexibility index (Phi) is 5.65. The van der Waals surface area contributed by atoms with Crippen molar-refractivity contribution < 1.29 is 19.1 Å². The third-order valence-electron chi connectivity index (χ3n) is 5.82. The standard InChI is InChI=1S/C22H23ClFN5O4/c1-10(2)27-8-11(3)29-17-15(19(30)18(29)22(27)33)21(32)28(26-16(17)20(31)25-4)9-12-5-6-14(24)13(23)7-12/h5-7,10-11,30H,8-9H2,1-4H3,(H,25,31)/t11-/m0/s1. The number of rotatable bonds is 4. The molecule has 2 N–H and O–H groups in total. The van der Waals surface area contributed by atoms with Gasteiger partial charge >= 0.3 is 0 Å². The average molecular weight is 476 g/mol. The minimum atomic E-state index is -0.686. The van der Waals surface area contributed by atoms with Crippen molar-refractivity contribution in [2.45, 2.75) is 39.4 Å². The molecule has 33 heavy (non-hydrogen) atoms. The molecular formula is C22H23ClFN5O4. The highest BCUT2D eigenvalue weighted by Crippen LogP contribution is 2.38. The number of benzene rings is 1. The van der Waals surface area contributed by atoms with Gasteiger partial charge in [-0.05, 0) is 38.5 Å². The molecule has 11 heteroatoms. The van der Waals surface area contributed by atoms with E-state index in [2.05, 4.69) is 10.4 Å². The average Bonchev–Trinajstić information content (AvgIpc) is 3.08. The van der Waals surface area contributed by atoms with Crippen molar-refractivity contribution >= 4 is 34.3 Å². The second kappa shape index (κ2) is 8.18. The monoisotopic (exact) mass is 475 g/mol. The Morgan fingerprint density at radius 3 is 2.67 bits per heavy atom. The van der Waals surface area contributed by atoms with E-state index in [0.717, 1.165) is 10.7 Å². The molecule has 4 rings (SSSR count). The molecule has 0 bridgehead atoms. The van der Waals surface area contributed by atoms with Crippen molar-refractivity contribution in [1.82, 2.24) is 24.6 Å². The normalized spacial score (nSPS) is 15.9. The predicted octanol–water partition coefficient (Wildman–Crippen LogP) is 2.53. The SMILES string of the molecule is CNC(=O)c1nn(Cc2ccc(F)c(Cl)c2)c(=O)c2c(O)c3n(c12)[C@@H](C)CN(C(C)C)C3=O. The fourth-order valence-electron chi connectivity index (χ4n) is 4.22. The minimum absolute atomic E-state index is 0.0518. The summed E-state index contributed by atoms with van der Waals surface area (Å²) in [5, 5.41) is 17.5. The van der Waals surface area contributed by atoms with Crippen LogP contribution in [0.15, 0.2) is 23.0 Å². The van der Waals surface area contributed by atoms with Gasteiger partial charge in [0, 0.05) is 25.7 Å². The maximum Gasteiger partial charge on any atom is 0.280 e. The van der Waals surface area contributed by atoms with Crippen LogP contribution in [-0.4, -0.2) is 55.8 Å². The number of hydrogen-bond acceptors (Lipinski definition) is 5. The summed E-state index contributed by atoms with van der Waals surface area (Å²) in [4.78, 5) is 40.9. The number of amides is 2. The number of aromatic nitrogens is 3. The van der Waals surface area contributed by atoms with Crippen LogP contribution in [-0.2, 0) is 6.54 Å². The molecule has 2 aromatic heterocycles. The van der Waals surface area contributed by atoms with Gasteiger partial charge in [-0.2, -0.15) is 5.10 Å². The van der Waals surface area contributed by atoms with Crippen LogP contribution in [0.1, 0.15) is 53.4 Å². The molecule has 0 radical (unpaired) electrons. The first-order valence-electron chi connectivity index (χ1n) is 10.4. The molecule has 0 unspecified atom stereocenters. The highest BCUT2D eigenvalue weighted by Gasteiger charge is 2.38. The van der Waals surface area contributed by atoms with Crippen molar-refractivity contribution in [2.75, 3.05) is 13.6 Å². The number of carbonyl (C=O) groups is 2. The molecule has 0 saturated carbocycles. The lowest BCUT2D eigenvalue weighted by molar-refractivity contribution is 0.0615. The number of hydrogen-bond donors (Lipinski definition) is 2. The van der Waals surface area contributed by atoms with E-state index in [-0.39, 0.29) is 45.9 Å². The maximum absolute atomic E-state index is 13.5. The van der Waals surface area contributed by atoms with Crippen LogP contribution in [0.4, 0.5) is 4.39 Å². The van der Waals surface area contributed by atoms with E-state index in [1.54, 1.807) is 4.90 Å². The second-order valence-electron chi connectivity index (χ2n) is 8.33. The van der Waals surface area contributed by atoms with E-state index < -0.39 is 28.9 Å². The van der Waals surface area contributed by atoms with Crippen LogP contribution in [0, 0.1) is 5.82 Å². The fourth-order valence-corrected chi connectivity index (χ4v) is 4.42. The van der Waals surface area contributed by atoms with Crippen LogP contribution in [0.2, 0.25) is 5.02 Å². The molecule has 3 aromatic rings. The molecule has 1 atom stereocenters. The highest BCUT2D eigenvalue weighted by atomic mass is 35.5. The number of carbonyl (C=O) groups excluding carboxylic acids is 2. The summed E-state index contributed by atoms with van der Waals surface area (Å²) in [7, 11) is 1.42. The first kappa shape index (κ1) is 22.8. The van der Waals surface area contributed by atoms with Gasteiger partial charge in [0.25, 0.3) is 17.4 Å². The summed E-state index contributed by atoms with van der Waals surface area (Å²) >= 11 is 5.85. The van der Waals surface area contributed by atoms with Gasteiger partial charge in [-0.15, -0.1) is 0 Å². The van der Waals surface area contributed by atoms with Crippen molar-refractivity contribution in [3.05, 3.63) is 56.3 Å². The van der Waals surface area contributed by atoms with Crippen molar-refractivity contribution in [3.8, 4) is 5.75 Å². The zero-order valence-electron chi connectivity index (χ0n) is 18.5. The Labute approximate surface area is 193 Å². The number of aromatic hydroxyl groups is 1. The van der Waals surface area contributed by atoms with E-state index in [4.69, 9.17) is 11.6 Å². The van der Waals surface area contributed by atoms with Gasteiger partial charge in [-0.25, -0.2) is 9.07 Å². The lowest BCUT2D eigenvalue weighted by Crippen LogP contribution is -2.45. The molecule has 1 aromatic carbocycles. The van der Waals surface area contributed by atoms with E-state index >= 15 is 0 Å². The summed E-state index contributed by atoms with van der Waals surface area (Å²) < 4.78 is 16.1. The largest absolute Gasteiger partial charge is 0.505 e. The zero-order valence-corrected chi connectivity index (χ0v) is 19.3. The van der Waals surface area contributed by atoms with E-state index in [1.165, 1.54) is 23.7 Å². The molecule has 2 amide bonds.